The first kappa shape index (κ1) is 13.6. The Morgan fingerprint density at radius 2 is 2.26 bits per heavy atom. The summed E-state index contributed by atoms with van der Waals surface area (Å²) in [6.45, 7) is 5.51. The Morgan fingerprint density at radius 1 is 1.42 bits per heavy atom. The molecular weight excluding hydrogens is 242 g/mol. The Labute approximate surface area is 112 Å². The van der Waals surface area contributed by atoms with Crippen molar-refractivity contribution in [1.82, 2.24) is 25.5 Å². The fourth-order valence-electron chi connectivity index (χ4n) is 1.88. The normalized spacial score (nSPS) is 12.6. The number of ether oxygens (including phenoxy) is 1. The van der Waals surface area contributed by atoms with Crippen LogP contribution in [0.4, 0.5) is 0 Å². The minimum atomic E-state index is 0.0608. The lowest BCUT2D eigenvalue weighted by atomic mass is 10.2. The number of nitrogens with one attached hydrogen (secondary N) is 1. The number of benzene rings is 1. The van der Waals surface area contributed by atoms with E-state index >= 15 is 0 Å². The van der Waals surface area contributed by atoms with Gasteiger partial charge in [-0.15, -0.1) is 5.10 Å². The molecule has 19 heavy (non-hydrogen) atoms. The van der Waals surface area contributed by atoms with Gasteiger partial charge in [0.15, 0.2) is 5.82 Å². The van der Waals surface area contributed by atoms with Crippen molar-refractivity contribution in [2.24, 2.45) is 0 Å². The van der Waals surface area contributed by atoms with Gasteiger partial charge in [-0.2, -0.15) is 4.68 Å². The van der Waals surface area contributed by atoms with Crippen LogP contribution < -0.4 is 5.32 Å². The molecule has 1 atom stereocenters. The second kappa shape index (κ2) is 6.40. The van der Waals surface area contributed by atoms with Gasteiger partial charge in [0.1, 0.15) is 0 Å². The molecule has 1 aromatic heterocycles. The van der Waals surface area contributed by atoms with Gasteiger partial charge in [-0.1, -0.05) is 12.1 Å². The summed E-state index contributed by atoms with van der Waals surface area (Å²) in [5.74, 6) is 0.793. The Balaban J connectivity index is 2.17. The summed E-state index contributed by atoms with van der Waals surface area (Å²) in [7, 11) is 1.68. The van der Waals surface area contributed by atoms with Gasteiger partial charge < -0.3 is 10.1 Å². The number of aryl methyl sites for hydroxylation is 1. The van der Waals surface area contributed by atoms with Gasteiger partial charge in [0.25, 0.3) is 0 Å². The molecule has 0 amide bonds. The number of hydrogen-bond acceptors (Lipinski definition) is 5. The summed E-state index contributed by atoms with van der Waals surface area (Å²) in [6.07, 6.45) is 0. The molecule has 2 rings (SSSR count). The second-order valence-electron chi connectivity index (χ2n) is 4.46. The molecule has 1 unspecified atom stereocenters. The van der Waals surface area contributed by atoms with E-state index in [9.17, 15) is 0 Å². The lowest BCUT2D eigenvalue weighted by molar-refractivity contribution is 0.196. The summed E-state index contributed by atoms with van der Waals surface area (Å²) in [5.41, 5.74) is 2.15. The molecule has 1 aromatic carbocycles. The minimum Gasteiger partial charge on any atom is -0.383 e. The SMILES string of the molecule is COCCNC(C)c1nnnn1-c1cccc(C)c1. The zero-order chi connectivity index (χ0) is 13.7. The summed E-state index contributed by atoms with van der Waals surface area (Å²) >= 11 is 0. The fraction of sp³-hybridized carbons (Fsp3) is 0.462. The molecule has 0 aliphatic heterocycles. The van der Waals surface area contributed by atoms with Crippen LogP contribution >= 0.6 is 0 Å². The molecule has 6 heteroatoms. The van der Waals surface area contributed by atoms with Crippen molar-refractivity contribution in [2.45, 2.75) is 19.9 Å². The number of hydrogen-bond donors (Lipinski definition) is 1. The van der Waals surface area contributed by atoms with Crippen molar-refractivity contribution in [1.29, 1.82) is 0 Å². The topological polar surface area (TPSA) is 64.9 Å². The van der Waals surface area contributed by atoms with Crippen LogP contribution in [0.3, 0.4) is 0 Å². The number of rotatable bonds is 6. The van der Waals surface area contributed by atoms with Crippen LogP contribution in [0.15, 0.2) is 24.3 Å². The molecule has 0 bridgehead atoms. The van der Waals surface area contributed by atoms with Crippen molar-refractivity contribution in [2.75, 3.05) is 20.3 Å². The van der Waals surface area contributed by atoms with Crippen molar-refractivity contribution >= 4 is 0 Å². The Bertz CT molecular complexity index is 525. The number of nitrogens with zero attached hydrogens (tertiary/aromatic N) is 4. The summed E-state index contributed by atoms with van der Waals surface area (Å²) in [6, 6.07) is 8.16. The highest BCUT2D eigenvalue weighted by atomic mass is 16.5. The summed E-state index contributed by atoms with van der Waals surface area (Å²) < 4.78 is 6.78. The van der Waals surface area contributed by atoms with E-state index in [1.165, 1.54) is 5.56 Å². The third-order valence-corrected chi connectivity index (χ3v) is 2.88. The van der Waals surface area contributed by atoms with Crippen molar-refractivity contribution < 1.29 is 4.74 Å². The molecule has 0 saturated heterocycles. The van der Waals surface area contributed by atoms with Gasteiger partial charge in [0, 0.05) is 13.7 Å². The maximum absolute atomic E-state index is 5.02. The standard InChI is InChI=1S/C13H19N5O/c1-10-5-4-6-12(9-10)18-13(15-16-17-18)11(2)14-7-8-19-3/h4-6,9,11,14H,7-8H2,1-3H3. The first-order chi connectivity index (χ1) is 9.22. The minimum absolute atomic E-state index is 0.0608. The van der Waals surface area contributed by atoms with Crippen LogP contribution in [0, 0.1) is 6.92 Å². The van der Waals surface area contributed by atoms with Crippen molar-refractivity contribution in [3.8, 4) is 5.69 Å². The largest absolute Gasteiger partial charge is 0.383 e. The molecule has 0 aliphatic rings. The first-order valence-electron chi connectivity index (χ1n) is 6.30. The lowest BCUT2D eigenvalue weighted by Gasteiger charge is -2.13. The van der Waals surface area contributed by atoms with E-state index in [1.807, 2.05) is 32.0 Å². The Hall–Kier alpha value is -1.79. The summed E-state index contributed by atoms with van der Waals surface area (Å²) in [5, 5.41) is 15.3. The van der Waals surface area contributed by atoms with E-state index in [4.69, 9.17) is 4.74 Å². The van der Waals surface area contributed by atoms with Crippen LogP contribution in [0.2, 0.25) is 0 Å². The highest BCUT2D eigenvalue weighted by Gasteiger charge is 2.15. The van der Waals surface area contributed by atoms with Gasteiger partial charge in [0.2, 0.25) is 0 Å². The third-order valence-electron chi connectivity index (χ3n) is 2.88. The molecule has 0 spiro atoms. The predicted octanol–water partition coefficient (Wildman–Crippen LogP) is 1.27. The fourth-order valence-corrected chi connectivity index (χ4v) is 1.88. The average molecular weight is 261 g/mol. The van der Waals surface area contributed by atoms with Gasteiger partial charge in [-0.05, 0) is 42.0 Å². The van der Waals surface area contributed by atoms with Gasteiger partial charge >= 0.3 is 0 Å². The van der Waals surface area contributed by atoms with Crippen LogP contribution in [-0.2, 0) is 4.74 Å². The monoisotopic (exact) mass is 261 g/mol. The van der Waals surface area contributed by atoms with Crippen LogP contribution in [0.5, 0.6) is 0 Å². The molecule has 0 aliphatic carbocycles. The van der Waals surface area contributed by atoms with Crippen LogP contribution in [0.25, 0.3) is 5.69 Å². The van der Waals surface area contributed by atoms with E-state index in [2.05, 4.69) is 26.9 Å². The van der Waals surface area contributed by atoms with Gasteiger partial charge in [-0.25, -0.2) is 0 Å². The Morgan fingerprint density at radius 3 is 3.00 bits per heavy atom. The molecule has 1 N–H and O–H groups in total. The average Bonchev–Trinajstić information content (AvgIpc) is 2.88. The first-order valence-corrected chi connectivity index (χ1v) is 6.30. The molecular formula is C13H19N5O. The zero-order valence-corrected chi connectivity index (χ0v) is 11.5. The number of tetrazole rings is 1. The third kappa shape index (κ3) is 3.36. The highest BCUT2D eigenvalue weighted by molar-refractivity contribution is 5.35. The maximum Gasteiger partial charge on any atom is 0.173 e. The quantitative estimate of drug-likeness (QED) is 0.793. The van der Waals surface area contributed by atoms with Gasteiger partial charge in [-0.3, -0.25) is 0 Å². The van der Waals surface area contributed by atoms with Crippen LogP contribution in [0.1, 0.15) is 24.4 Å². The zero-order valence-electron chi connectivity index (χ0n) is 11.5. The molecule has 6 nitrogen and oxygen atoms in total. The van der Waals surface area contributed by atoms with E-state index < -0.39 is 0 Å². The molecule has 0 radical (unpaired) electrons. The van der Waals surface area contributed by atoms with E-state index in [0.29, 0.717) is 6.61 Å². The predicted molar refractivity (Wildman–Crippen MR) is 72.2 cm³/mol. The molecule has 0 saturated carbocycles. The molecule has 0 fully saturated rings. The van der Waals surface area contributed by atoms with Crippen molar-refractivity contribution in [3.63, 3.8) is 0 Å². The van der Waals surface area contributed by atoms with E-state index in [1.54, 1.807) is 11.8 Å². The Kier molecular flexibility index (Phi) is 4.59. The van der Waals surface area contributed by atoms with E-state index in [-0.39, 0.29) is 6.04 Å². The molecule has 2 aromatic rings. The number of aromatic nitrogens is 4. The summed E-state index contributed by atoms with van der Waals surface area (Å²) in [4.78, 5) is 0. The van der Waals surface area contributed by atoms with Gasteiger partial charge in [0.05, 0.1) is 18.3 Å². The van der Waals surface area contributed by atoms with Crippen LogP contribution in [-0.4, -0.2) is 40.5 Å². The number of methoxy groups -OCH3 is 1. The molecule has 1 heterocycles. The molecule has 102 valence electrons. The van der Waals surface area contributed by atoms with Crippen molar-refractivity contribution in [3.05, 3.63) is 35.7 Å². The smallest absolute Gasteiger partial charge is 0.173 e. The lowest BCUT2D eigenvalue weighted by Crippen LogP contribution is -2.25. The maximum atomic E-state index is 5.02. The second-order valence-corrected chi connectivity index (χ2v) is 4.46. The highest BCUT2D eigenvalue weighted by Crippen LogP contribution is 2.14. The van der Waals surface area contributed by atoms with E-state index in [0.717, 1.165) is 18.1 Å².